The van der Waals surface area contributed by atoms with Gasteiger partial charge in [-0.2, -0.15) is 0 Å². The van der Waals surface area contributed by atoms with Gasteiger partial charge in [-0.3, -0.25) is 9.59 Å². The highest BCUT2D eigenvalue weighted by Crippen LogP contribution is 2.21. The van der Waals surface area contributed by atoms with Crippen molar-refractivity contribution < 1.29 is 14.0 Å². The Morgan fingerprint density at radius 1 is 1.17 bits per heavy atom. The van der Waals surface area contributed by atoms with Gasteiger partial charge in [0.25, 0.3) is 11.8 Å². The van der Waals surface area contributed by atoms with Crippen molar-refractivity contribution in [3.8, 4) is 0 Å². The van der Waals surface area contributed by atoms with E-state index in [1.165, 1.54) is 0 Å². The van der Waals surface area contributed by atoms with Gasteiger partial charge < -0.3 is 14.6 Å². The standard InChI is InChI=1S/C18H21N3O3/c1-11-10-14(18(23)21-8-4-5-9-21)6-7-15(11)20-17(22)16-12(2)19-13(3)24-16/h6-7,10H,4-5,8-9H2,1-3H3,(H,20,22). The first-order valence-corrected chi connectivity index (χ1v) is 8.11. The summed E-state index contributed by atoms with van der Waals surface area (Å²) in [6.45, 7) is 6.94. The molecule has 2 amide bonds. The molecule has 1 aliphatic rings. The highest BCUT2D eigenvalue weighted by Gasteiger charge is 2.21. The predicted molar refractivity (Wildman–Crippen MR) is 90.2 cm³/mol. The van der Waals surface area contributed by atoms with Gasteiger partial charge in [0.2, 0.25) is 5.76 Å². The predicted octanol–water partition coefficient (Wildman–Crippen LogP) is 3.09. The first-order chi connectivity index (χ1) is 11.5. The number of benzene rings is 1. The molecule has 1 N–H and O–H groups in total. The lowest BCUT2D eigenvalue weighted by atomic mass is 10.1. The lowest BCUT2D eigenvalue weighted by Gasteiger charge is -2.16. The molecule has 3 rings (SSSR count). The summed E-state index contributed by atoms with van der Waals surface area (Å²) in [5.41, 5.74) is 2.70. The van der Waals surface area contributed by atoms with E-state index in [9.17, 15) is 9.59 Å². The normalized spacial score (nSPS) is 14.0. The van der Waals surface area contributed by atoms with Crippen LogP contribution in [0, 0.1) is 20.8 Å². The number of aromatic nitrogens is 1. The Labute approximate surface area is 140 Å². The Morgan fingerprint density at radius 2 is 1.88 bits per heavy atom. The van der Waals surface area contributed by atoms with Crippen LogP contribution in [0.5, 0.6) is 0 Å². The van der Waals surface area contributed by atoms with Crippen LogP contribution in [0.4, 0.5) is 5.69 Å². The van der Waals surface area contributed by atoms with E-state index < -0.39 is 0 Å². The molecule has 0 unspecified atom stereocenters. The van der Waals surface area contributed by atoms with Crippen LogP contribution in [0.1, 0.15) is 50.9 Å². The van der Waals surface area contributed by atoms with Crippen molar-refractivity contribution in [1.82, 2.24) is 9.88 Å². The number of carbonyl (C=O) groups is 2. The quantitative estimate of drug-likeness (QED) is 0.940. The Morgan fingerprint density at radius 3 is 2.46 bits per heavy atom. The topological polar surface area (TPSA) is 75.4 Å². The molecular weight excluding hydrogens is 306 g/mol. The largest absolute Gasteiger partial charge is 0.436 e. The number of oxazole rings is 1. The molecule has 2 aromatic rings. The number of likely N-dealkylation sites (tertiary alicyclic amines) is 1. The monoisotopic (exact) mass is 327 g/mol. The second kappa shape index (κ2) is 6.47. The van der Waals surface area contributed by atoms with Crippen molar-refractivity contribution in [2.24, 2.45) is 0 Å². The maximum atomic E-state index is 12.4. The van der Waals surface area contributed by atoms with Gasteiger partial charge in [0.1, 0.15) is 0 Å². The van der Waals surface area contributed by atoms with Gasteiger partial charge in [-0.25, -0.2) is 4.98 Å². The maximum Gasteiger partial charge on any atom is 0.293 e. The first kappa shape index (κ1) is 16.2. The molecule has 24 heavy (non-hydrogen) atoms. The van der Waals surface area contributed by atoms with Gasteiger partial charge in [-0.15, -0.1) is 0 Å². The van der Waals surface area contributed by atoms with Crippen LogP contribution < -0.4 is 5.32 Å². The highest BCUT2D eigenvalue weighted by atomic mass is 16.4. The molecule has 0 spiro atoms. The van der Waals surface area contributed by atoms with E-state index in [0.29, 0.717) is 22.8 Å². The molecular formula is C18H21N3O3. The van der Waals surface area contributed by atoms with Crippen molar-refractivity contribution in [2.75, 3.05) is 18.4 Å². The number of hydrogen-bond acceptors (Lipinski definition) is 4. The molecule has 2 heterocycles. The zero-order valence-electron chi connectivity index (χ0n) is 14.2. The average molecular weight is 327 g/mol. The summed E-state index contributed by atoms with van der Waals surface area (Å²) in [6.07, 6.45) is 2.13. The van der Waals surface area contributed by atoms with Crippen molar-refractivity contribution in [2.45, 2.75) is 33.6 Å². The van der Waals surface area contributed by atoms with E-state index in [4.69, 9.17) is 4.42 Å². The third-order valence-corrected chi connectivity index (χ3v) is 4.22. The number of nitrogens with zero attached hydrogens (tertiary/aromatic N) is 2. The van der Waals surface area contributed by atoms with Crippen molar-refractivity contribution >= 4 is 17.5 Å². The summed E-state index contributed by atoms with van der Waals surface area (Å²) in [7, 11) is 0. The van der Waals surface area contributed by atoms with Crippen molar-refractivity contribution in [1.29, 1.82) is 0 Å². The molecule has 1 aromatic carbocycles. The van der Waals surface area contributed by atoms with Crippen LogP contribution in [-0.2, 0) is 0 Å². The molecule has 126 valence electrons. The third kappa shape index (κ3) is 3.18. The SMILES string of the molecule is Cc1nc(C)c(C(=O)Nc2ccc(C(=O)N3CCCC3)cc2C)o1. The number of aryl methyl sites for hydroxylation is 3. The minimum absolute atomic E-state index is 0.0511. The van der Waals surface area contributed by atoms with Crippen LogP contribution in [0.3, 0.4) is 0 Å². The summed E-state index contributed by atoms with van der Waals surface area (Å²) in [6, 6.07) is 5.33. The van der Waals surface area contributed by atoms with Gasteiger partial charge in [-0.05, 0) is 50.5 Å². The molecule has 6 heteroatoms. The van der Waals surface area contributed by atoms with E-state index >= 15 is 0 Å². The first-order valence-electron chi connectivity index (χ1n) is 8.11. The second-order valence-electron chi connectivity index (χ2n) is 6.13. The van der Waals surface area contributed by atoms with E-state index in [1.54, 1.807) is 26.0 Å². The van der Waals surface area contributed by atoms with Crippen molar-refractivity contribution in [3.05, 3.63) is 46.7 Å². The Hall–Kier alpha value is -2.63. The average Bonchev–Trinajstić information content (AvgIpc) is 3.18. The van der Waals surface area contributed by atoms with Crippen LogP contribution in [0.15, 0.2) is 22.6 Å². The lowest BCUT2D eigenvalue weighted by Crippen LogP contribution is -2.27. The van der Waals surface area contributed by atoms with Crippen LogP contribution in [-0.4, -0.2) is 34.8 Å². The molecule has 6 nitrogen and oxygen atoms in total. The summed E-state index contributed by atoms with van der Waals surface area (Å²) in [5, 5.41) is 2.82. The number of anilines is 1. The van der Waals surface area contributed by atoms with E-state index in [-0.39, 0.29) is 17.6 Å². The Bertz CT molecular complexity index is 789. The number of amides is 2. The molecule has 0 aliphatic carbocycles. The summed E-state index contributed by atoms with van der Waals surface area (Å²) < 4.78 is 5.33. The fraction of sp³-hybridized carbons (Fsp3) is 0.389. The fourth-order valence-corrected chi connectivity index (χ4v) is 2.96. The molecule has 0 bridgehead atoms. The van der Waals surface area contributed by atoms with E-state index in [1.807, 2.05) is 17.9 Å². The molecule has 0 saturated carbocycles. The Kier molecular flexibility index (Phi) is 4.38. The molecule has 0 radical (unpaired) electrons. The second-order valence-corrected chi connectivity index (χ2v) is 6.13. The number of rotatable bonds is 3. The minimum atomic E-state index is -0.338. The van der Waals surface area contributed by atoms with Gasteiger partial charge in [0.05, 0.1) is 5.69 Å². The summed E-state index contributed by atoms with van der Waals surface area (Å²) >= 11 is 0. The lowest BCUT2D eigenvalue weighted by molar-refractivity contribution is 0.0792. The van der Waals surface area contributed by atoms with Crippen molar-refractivity contribution in [3.63, 3.8) is 0 Å². The third-order valence-electron chi connectivity index (χ3n) is 4.22. The maximum absolute atomic E-state index is 12.4. The molecule has 1 aliphatic heterocycles. The highest BCUT2D eigenvalue weighted by molar-refractivity contribution is 6.04. The zero-order valence-corrected chi connectivity index (χ0v) is 14.2. The molecule has 1 fully saturated rings. The smallest absolute Gasteiger partial charge is 0.293 e. The summed E-state index contributed by atoms with van der Waals surface area (Å²) in [5.74, 6) is 0.384. The van der Waals surface area contributed by atoms with E-state index in [0.717, 1.165) is 31.5 Å². The number of carbonyl (C=O) groups excluding carboxylic acids is 2. The van der Waals surface area contributed by atoms with Crippen LogP contribution in [0.25, 0.3) is 0 Å². The fourth-order valence-electron chi connectivity index (χ4n) is 2.96. The summed E-state index contributed by atoms with van der Waals surface area (Å²) in [4.78, 5) is 30.7. The van der Waals surface area contributed by atoms with E-state index in [2.05, 4.69) is 10.3 Å². The van der Waals surface area contributed by atoms with Gasteiger partial charge >= 0.3 is 0 Å². The number of nitrogens with one attached hydrogen (secondary N) is 1. The van der Waals surface area contributed by atoms with Gasteiger partial charge in [-0.1, -0.05) is 0 Å². The van der Waals surface area contributed by atoms with Crippen LogP contribution >= 0.6 is 0 Å². The van der Waals surface area contributed by atoms with Gasteiger partial charge in [0, 0.05) is 31.3 Å². The zero-order chi connectivity index (χ0) is 17.3. The van der Waals surface area contributed by atoms with Gasteiger partial charge in [0.15, 0.2) is 5.89 Å². The molecule has 1 aromatic heterocycles. The molecule has 1 saturated heterocycles. The molecule has 0 atom stereocenters. The van der Waals surface area contributed by atoms with Crippen LogP contribution in [0.2, 0.25) is 0 Å². The minimum Gasteiger partial charge on any atom is -0.436 e. The Balaban J connectivity index is 1.76. The number of hydrogen-bond donors (Lipinski definition) is 1.